The van der Waals surface area contributed by atoms with Crippen molar-refractivity contribution >= 4 is 11.6 Å². The fourth-order valence-corrected chi connectivity index (χ4v) is 2.32. The molecule has 116 valence electrons. The van der Waals surface area contributed by atoms with Crippen LogP contribution in [0.4, 0.5) is 5.69 Å². The Labute approximate surface area is 132 Å². The minimum atomic E-state index is -0.500. The van der Waals surface area contributed by atoms with Gasteiger partial charge in [-0.25, -0.2) is 0 Å². The van der Waals surface area contributed by atoms with Crippen LogP contribution in [-0.4, -0.2) is 23.5 Å². The van der Waals surface area contributed by atoms with Crippen LogP contribution in [0.25, 0.3) is 0 Å². The lowest BCUT2D eigenvalue weighted by Crippen LogP contribution is -2.42. The van der Waals surface area contributed by atoms with E-state index in [1.807, 2.05) is 43.5 Å². The van der Waals surface area contributed by atoms with E-state index in [0.29, 0.717) is 6.54 Å². The molecule has 2 rings (SSSR count). The molecule has 4 nitrogen and oxygen atoms in total. The fraction of sp³-hybridized carbons (Fsp3) is 0.333. The molecule has 1 heterocycles. The first-order valence-corrected chi connectivity index (χ1v) is 7.60. The van der Waals surface area contributed by atoms with Gasteiger partial charge in [-0.2, -0.15) is 0 Å². The zero-order valence-electron chi connectivity index (χ0n) is 13.2. The molecule has 0 aliphatic carbocycles. The van der Waals surface area contributed by atoms with Crippen molar-refractivity contribution < 1.29 is 4.79 Å². The van der Waals surface area contributed by atoms with Crippen LogP contribution in [0.1, 0.15) is 24.5 Å². The number of nitrogens with zero attached hydrogens (tertiary/aromatic N) is 2. The fourth-order valence-electron chi connectivity index (χ4n) is 2.32. The van der Waals surface area contributed by atoms with Crippen LogP contribution in [0, 0.1) is 6.92 Å². The van der Waals surface area contributed by atoms with Gasteiger partial charge in [-0.1, -0.05) is 23.8 Å². The Hall–Kier alpha value is -2.20. The van der Waals surface area contributed by atoms with Gasteiger partial charge in [0, 0.05) is 24.6 Å². The van der Waals surface area contributed by atoms with Gasteiger partial charge >= 0.3 is 0 Å². The highest BCUT2D eigenvalue weighted by molar-refractivity contribution is 5.96. The summed E-state index contributed by atoms with van der Waals surface area (Å²) >= 11 is 0. The molecule has 1 unspecified atom stereocenters. The molecule has 1 atom stereocenters. The molecule has 0 aliphatic heterocycles. The average molecular weight is 297 g/mol. The highest BCUT2D eigenvalue weighted by atomic mass is 16.2. The monoisotopic (exact) mass is 297 g/mol. The molecule has 0 radical (unpaired) electrons. The molecule has 1 amide bonds. The molecular formula is C18H23N3O. The van der Waals surface area contributed by atoms with Crippen molar-refractivity contribution in [3.8, 4) is 0 Å². The zero-order valence-corrected chi connectivity index (χ0v) is 13.2. The van der Waals surface area contributed by atoms with Gasteiger partial charge in [-0.15, -0.1) is 0 Å². The quantitative estimate of drug-likeness (QED) is 0.892. The molecule has 2 aromatic rings. The number of benzene rings is 1. The summed E-state index contributed by atoms with van der Waals surface area (Å²) in [5, 5.41) is 0. The van der Waals surface area contributed by atoms with Crippen LogP contribution in [0.15, 0.2) is 48.8 Å². The molecule has 0 fully saturated rings. The number of anilines is 1. The van der Waals surface area contributed by atoms with Crippen LogP contribution < -0.4 is 10.6 Å². The summed E-state index contributed by atoms with van der Waals surface area (Å²) in [6, 6.07) is 11.5. The van der Waals surface area contributed by atoms with E-state index in [2.05, 4.69) is 11.1 Å². The van der Waals surface area contributed by atoms with Crippen molar-refractivity contribution in [1.82, 2.24) is 4.98 Å². The predicted molar refractivity (Wildman–Crippen MR) is 89.7 cm³/mol. The summed E-state index contributed by atoms with van der Waals surface area (Å²) in [6.07, 6.45) is 5.39. The summed E-state index contributed by atoms with van der Waals surface area (Å²) in [5.74, 6) is -0.0463. The molecule has 0 saturated carbocycles. The SMILES string of the molecule is Cc1ccc(N(CCCc2cccnc2)C(=O)C(C)N)cc1. The third kappa shape index (κ3) is 4.40. The van der Waals surface area contributed by atoms with Crippen molar-refractivity contribution in [3.63, 3.8) is 0 Å². The molecule has 0 saturated heterocycles. The second kappa shape index (κ2) is 7.71. The summed E-state index contributed by atoms with van der Waals surface area (Å²) < 4.78 is 0. The van der Waals surface area contributed by atoms with Crippen molar-refractivity contribution in [3.05, 3.63) is 59.9 Å². The van der Waals surface area contributed by atoms with E-state index in [0.717, 1.165) is 18.5 Å². The Bertz CT molecular complexity index is 593. The topological polar surface area (TPSA) is 59.2 Å². The van der Waals surface area contributed by atoms with E-state index >= 15 is 0 Å². The van der Waals surface area contributed by atoms with Gasteiger partial charge in [-0.3, -0.25) is 9.78 Å². The molecule has 4 heteroatoms. The van der Waals surface area contributed by atoms with Gasteiger partial charge in [-0.05, 0) is 50.5 Å². The normalized spacial score (nSPS) is 12.0. The number of carbonyl (C=O) groups is 1. The van der Waals surface area contributed by atoms with E-state index in [9.17, 15) is 4.79 Å². The number of rotatable bonds is 6. The smallest absolute Gasteiger partial charge is 0.243 e. The van der Waals surface area contributed by atoms with Gasteiger partial charge in [0.1, 0.15) is 0 Å². The van der Waals surface area contributed by atoms with E-state index < -0.39 is 6.04 Å². The highest BCUT2D eigenvalue weighted by Crippen LogP contribution is 2.17. The largest absolute Gasteiger partial charge is 0.320 e. The van der Waals surface area contributed by atoms with Crippen LogP contribution in [0.3, 0.4) is 0 Å². The van der Waals surface area contributed by atoms with Crippen molar-refractivity contribution in [1.29, 1.82) is 0 Å². The minimum absolute atomic E-state index is 0.0463. The summed E-state index contributed by atoms with van der Waals surface area (Å²) in [5.41, 5.74) is 9.04. The first-order chi connectivity index (χ1) is 10.6. The zero-order chi connectivity index (χ0) is 15.9. The van der Waals surface area contributed by atoms with Crippen LogP contribution in [-0.2, 0) is 11.2 Å². The van der Waals surface area contributed by atoms with E-state index in [4.69, 9.17) is 5.73 Å². The van der Waals surface area contributed by atoms with Crippen molar-refractivity contribution in [2.24, 2.45) is 5.73 Å². The van der Waals surface area contributed by atoms with E-state index in [1.165, 1.54) is 11.1 Å². The Kier molecular flexibility index (Phi) is 5.67. The lowest BCUT2D eigenvalue weighted by molar-refractivity contribution is -0.119. The first kappa shape index (κ1) is 16.2. The summed E-state index contributed by atoms with van der Waals surface area (Å²) in [6.45, 7) is 4.41. The second-order valence-electron chi connectivity index (χ2n) is 5.58. The lowest BCUT2D eigenvalue weighted by atomic mass is 10.1. The number of hydrogen-bond donors (Lipinski definition) is 1. The van der Waals surface area contributed by atoms with Gasteiger partial charge in [0.05, 0.1) is 6.04 Å². The van der Waals surface area contributed by atoms with Crippen LogP contribution in [0.5, 0.6) is 0 Å². The Morgan fingerprint density at radius 2 is 2.00 bits per heavy atom. The molecule has 1 aromatic heterocycles. The predicted octanol–water partition coefficient (Wildman–Crippen LogP) is 2.70. The van der Waals surface area contributed by atoms with Gasteiger partial charge in [0.15, 0.2) is 0 Å². The maximum absolute atomic E-state index is 12.4. The summed E-state index contributed by atoms with van der Waals surface area (Å²) in [4.78, 5) is 18.3. The molecule has 2 N–H and O–H groups in total. The second-order valence-corrected chi connectivity index (χ2v) is 5.58. The Morgan fingerprint density at radius 3 is 2.59 bits per heavy atom. The number of amides is 1. The summed E-state index contributed by atoms with van der Waals surface area (Å²) in [7, 11) is 0. The number of nitrogens with two attached hydrogens (primary N) is 1. The minimum Gasteiger partial charge on any atom is -0.320 e. The maximum Gasteiger partial charge on any atom is 0.243 e. The van der Waals surface area contributed by atoms with Crippen LogP contribution in [0.2, 0.25) is 0 Å². The number of aryl methyl sites for hydroxylation is 2. The number of carbonyl (C=O) groups excluding carboxylic acids is 1. The van der Waals surface area contributed by atoms with E-state index in [1.54, 1.807) is 18.0 Å². The molecule has 0 bridgehead atoms. The molecular weight excluding hydrogens is 274 g/mol. The number of pyridine rings is 1. The first-order valence-electron chi connectivity index (χ1n) is 7.60. The molecule has 22 heavy (non-hydrogen) atoms. The van der Waals surface area contributed by atoms with Gasteiger partial charge in [0.2, 0.25) is 5.91 Å². The lowest BCUT2D eigenvalue weighted by Gasteiger charge is -2.25. The Balaban J connectivity index is 2.05. The Morgan fingerprint density at radius 1 is 1.27 bits per heavy atom. The molecule has 0 aliphatic rings. The average Bonchev–Trinajstić information content (AvgIpc) is 2.53. The van der Waals surface area contributed by atoms with Crippen molar-refractivity contribution in [2.75, 3.05) is 11.4 Å². The number of hydrogen-bond acceptors (Lipinski definition) is 3. The van der Waals surface area contributed by atoms with Gasteiger partial charge in [0.25, 0.3) is 0 Å². The standard InChI is InChI=1S/C18H23N3O/c1-14-7-9-17(10-8-14)21(18(22)15(2)19)12-4-6-16-5-3-11-20-13-16/h3,5,7-11,13,15H,4,6,12,19H2,1-2H3. The molecule has 0 spiro atoms. The van der Waals surface area contributed by atoms with Crippen molar-refractivity contribution in [2.45, 2.75) is 32.7 Å². The van der Waals surface area contributed by atoms with Gasteiger partial charge < -0.3 is 10.6 Å². The van der Waals surface area contributed by atoms with E-state index in [-0.39, 0.29) is 5.91 Å². The highest BCUT2D eigenvalue weighted by Gasteiger charge is 2.18. The third-order valence-electron chi connectivity index (χ3n) is 3.57. The van der Waals surface area contributed by atoms with Crippen LogP contribution >= 0.6 is 0 Å². The third-order valence-corrected chi connectivity index (χ3v) is 3.57. The number of aromatic nitrogens is 1. The maximum atomic E-state index is 12.4. The molecule has 1 aromatic carbocycles.